The van der Waals surface area contributed by atoms with Gasteiger partial charge in [-0.1, -0.05) is 50.2 Å². The van der Waals surface area contributed by atoms with E-state index in [9.17, 15) is 18.0 Å². The van der Waals surface area contributed by atoms with Crippen LogP contribution < -0.4 is 4.72 Å². The fourth-order valence-electron chi connectivity index (χ4n) is 2.90. The van der Waals surface area contributed by atoms with Gasteiger partial charge >= 0.3 is 5.97 Å². The number of esters is 1. The smallest absolute Gasteiger partial charge is 0.324 e. The molecule has 1 atom stereocenters. The van der Waals surface area contributed by atoms with Crippen molar-refractivity contribution < 1.29 is 22.7 Å². The second-order valence-electron chi connectivity index (χ2n) is 6.93. The molecule has 0 bridgehead atoms. The van der Waals surface area contributed by atoms with Crippen molar-refractivity contribution in [2.75, 3.05) is 6.61 Å². The largest absolute Gasteiger partial charge is 0.456 e. The zero-order valence-corrected chi connectivity index (χ0v) is 16.9. The number of ketones is 1. The normalized spacial score (nSPS) is 12.8. The summed E-state index contributed by atoms with van der Waals surface area (Å²) in [5.74, 6) is -1.54. The van der Waals surface area contributed by atoms with E-state index in [1.165, 1.54) is 12.1 Å². The number of ether oxygens (including phenoxy) is 1. The van der Waals surface area contributed by atoms with Gasteiger partial charge in [-0.25, -0.2) is 8.42 Å². The van der Waals surface area contributed by atoms with Crippen LogP contribution in [0.2, 0.25) is 0 Å². The summed E-state index contributed by atoms with van der Waals surface area (Å²) in [5, 5.41) is 0.735. The fraction of sp³-hybridized carbons (Fsp3) is 0.238. The zero-order valence-electron chi connectivity index (χ0n) is 16.1. The zero-order chi connectivity index (χ0) is 21.0. The number of H-pyrrole nitrogens is 1. The van der Waals surface area contributed by atoms with Crippen molar-refractivity contribution >= 4 is 32.7 Å². The van der Waals surface area contributed by atoms with Gasteiger partial charge in [0.15, 0.2) is 6.61 Å². The molecule has 0 aliphatic carbocycles. The van der Waals surface area contributed by atoms with Crippen molar-refractivity contribution in [3.8, 4) is 0 Å². The van der Waals surface area contributed by atoms with Gasteiger partial charge in [0.2, 0.25) is 15.8 Å². The van der Waals surface area contributed by atoms with Crippen LogP contribution in [0.3, 0.4) is 0 Å². The topological polar surface area (TPSA) is 105 Å². The number of aromatic amines is 1. The Morgan fingerprint density at radius 2 is 1.69 bits per heavy atom. The highest BCUT2D eigenvalue weighted by molar-refractivity contribution is 7.89. The number of carbonyl (C=O) groups excluding carboxylic acids is 2. The Morgan fingerprint density at radius 3 is 2.38 bits per heavy atom. The monoisotopic (exact) mass is 414 g/mol. The molecule has 0 saturated heterocycles. The minimum absolute atomic E-state index is 0.0494. The average molecular weight is 414 g/mol. The summed E-state index contributed by atoms with van der Waals surface area (Å²) in [6.45, 7) is 2.92. The number of nitrogens with one attached hydrogen (secondary N) is 2. The SMILES string of the molecule is CC(C)C(NS(=O)(=O)c1ccccc1)C(=O)OCC(=O)c1c[nH]c2ccccc12. The van der Waals surface area contributed by atoms with Gasteiger partial charge in [-0.15, -0.1) is 0 Å². The average Bonchev–Trinajstić information content (AvgIpc) is 3.15. The van der Waals surface area contributed by atoms with Crippen LogP contribution in [-0.4, -0.2) is 37.8 Å². The van der Waals surface area contributed by atoms with E-state index in [4.69, 9.17) is 4.74 Å². The number of sulfonamides is 1. The van der Waals surface area contributed by atoms with Gasteiger partial charge in [0.05, 0.1) is 4.90 Å². The highest BCUT2D eigenvalue weighted by atomic mass is 32.2. The molecular formula is C21H22N2O5S. The third kappa shape index (κ3) is 4.72. The maximum Gasteiger partial charge on any atom is 0.324 e. The molecule has 3 rings (SSSR count). The Hall–Kier alpha value is -2.97. The number of hydrogen-bond acceptors (Lipinski definition) is 5. The first kappa shape index (κ1) is 20.8. The number of aromatic nitrogens is 1. The molecule has 7 nitrogen and oxygen atoms in total. The molecule has 8 heteroatoms. The molecule has 0 fully saturated rings. The molecule has 0 amide bonds. The molecule has 0 aliphatic heterocycles. The molecule has 152 valence electrons. The van der Waals surface area contributed by atoms with Crippen LogP contribution in [-0.2, 0) is 19.6 Å². The van der Waals surface area contributed by atoms with Crippen LogP contribution in [0.4, 0.5) is 0 Å². The van der Waals surface area contributed by atoms with Crippen LogP contribution >= 0.6 is 0 Å². The first-order chi connectivity index (χ1) is 13.8. The number of benzene rings is 2. The molecule has 3 aromatic rings. The lowest BCUT2D eigenvalue weighted by Crippen LogP contribution is -2.45. The van der Waals surface area contributed by atoms with Crippen LogP contribution in [0.25, 0.3) is 10.9 Å². The number of carbonyl (C=O) groups is 2. The molecule has 0 radical (unpaired) electrons. The van der Waals surface area contributed by atoms with E-state index in [0.29, 0.717) is 5.56 Å². The second-order valence-corrected chi connectivity index (χ2v) is 8.65. The number of Topliss-reactive ketones (excluding diaryl/α,β-unsaturated/α-hetero) is 1. The van der Waals surface area contributed by atoms with Crippen molar-refractivity contribution in [1.82, 2.24) is 9.71 Å². The number of rotatable bonds is 8. The van der Waals surface area contributed by atoms with E-state index < -0.39 is 28.6 Å². The molecule has 0 spiro atoms. The highest BCUT2D eigenvalue weighted by Gasteiger charge is 2.30. The molecule has 2 N–H and O–H groups in total. The Bertz CT molecular complexity index is 1120. The first-order valence-electron chi connectivity index (χ1n) is 9.13. The van der Waals surface area contributed by atoms with E-state index >= 15 is 0 Å². The van der Waals surface area contributed by atoms with Gasteiger partial charge in [0.1, 0.15) is 6.04 Å². The van der Waals surface area contributed by atoms with E-state index in [0.717, 1.165) is 10.9 Å². The fourth-order valence-corrected chi connectivity index (χ4v) is 4.25. The highest BCUT2D eigenvalue weighted by Crippen LogP contribution is 2.18. The molecule has 0 aliphatic rings. The molecule has 1 unspecified atom stereocenters. The van der Waals surface area contributed by atoms with Gasteiger partial charge < -0.3 is 9.72 Å². The summed E-state index contributed by atoms with van der Waals surface area (Å²) in [7, 11) is -3.90. The molecular weight excluding hydrogens is 392 g/mol. The van der Waals surface area contributed by atoms with Crippen LogP contribution in [0.1, 0.15) is 24.2 Å². The van der Waals surface area contributed by atoms with Crippen LogP contribution in [0.5, 0.6) is 0 Å². The van der Waals surface area contributed by atoms with Crippen LogP contribution in [0, 0.1) is 5.92 Å². The number of fused-ring (bicyclic) bond motifs is 1. The van der Waals surface area contributed by atoms with Crippen molar-refractivity contribution in [2.24, 2.45) is 5.92 Å². The molecule has 2 aromatic carbocycles. The van der Waals surface area contributed by atoms with Gasteiger partial charge in [0.25, 0.3) is 0 Å². The lowest BCUT2D eigenvalue weighted by Gasteiger charge is -2.20. The molecule has 0 saturated carbocycles. The predicted octanol–water partition coefficient (Wildman–Crippen LogP) is 2.90. The summed E-state index contributed by atoms with van der Waals surface area (Å²) in [4.78, 5) is 28.1. The molecule has 1 aromatic heterocycles. The summed E-state index contributed by atoms with van der Waals surface area (Å²) in [6.07, 6.45) is 1.57. The number of hydrogen-bond donors (Lipinski definition) is 2. The summed E-state index contributed by atoms with van der Waals surface area (Å²) < 4.78 is 32.6. The first-order valence-corrected chi connectivity index (χ1v) is 10.6. The van der Waals surface area contributed by atoms with E-state index in [2.05, 4.69) is 9.71 Å². The molecule has 29 heavy (non-hydrogen) atoms. The van der Waals surface area contributed by atoms with Crippen LogP contribution in [0.15, 0.2) is 65.7 Å². The summed E-state index contributed by atoms with van der Waals surface area (Å²) >= 11 is 0. The van der Waals surface area contributed by atoms with Crippen molar-refractivity contribution in [2.45, 2.75) is 24.8 Å². The van der Waals surface area contributed by atoms with Gasteiger partial charge in [0, 0.05) is 22.7 Å². The third-order valence-electron chi connectivity index (χ3n) is 4.49. The Labute approximate surface area is 169 Å². The Balaban J connectivity index is 1.69. The number of para-hydroxylation sites is 1. The Morgan fingerprint density at radius 1 is 1.03 bits per heavy atom. The van der Waals surface area contributed by atoms with Gasteiger partial charge in [-0.3, -0.25) is 9.59 Å². The Kier molecular flexibility index (Phi) is 6.14. The van der Waals surface area contributed by atoms with Crippen molar-refractivity contribution in [3.63, 3.8) is 0 Å². The minimum atomic E-state index is -3.90. The van der Waals surface area contributed by atoms with Gasteiger partial charge in [-0.2, -0.15) is 4.72 Å². The van der Waals surface area contributed by atoms with Gasteiger partial charge in [-0.05, 0) is 24.1 Å². The lowest BCUT2D eigenvalue weighted by atomic mass is 10.1. The maximum absolute atomic E-state index is 12.5. The minimum Gasteiger partial charge on any atom is -0.456 e. The van der Waals surface area contributed by atoms with E-state index in [-0.39, 0.29) is 16.6 Å². The van der Waals surface area contributed by atoms with E-state index in [1.807, 2.05) is 18.2 Å². The predicted molar refractivity (Wildman–Crippen MR) is 109 cm³/mol. The standard InChI is InChI=1S/C21H22N2O5S/c1-14(2)20(23-29(26,27)15-8-4-3-5-9-15)21(25)28-13-19(24)17-12-22-18-11-7-6-10-16(17)18/h3-12,14,20,22-23H,13H2,1-2H3. The lowest BCUT2D eigenvalue weighted by molar-refractivity contribution is -0.145. The summed E-state index contributed by atoms with van der Waals surface area (Å²) in [6, 6.07) is 13.9. The van der Waals surface area contributed by atoms with E-state index in [1.54, 1.807) is 44.3 Å². The summed E-state index contributed by atoms with van der Waals surface area (Å²) in [5.41, 5.74) is 1.22. The third-order valence-corrected chi connectivity index (χ3v) is 5.95. The van der Waals surface area contributed by atoms with Crippen molar-refractivity contribution in [3.05, 3.63) is 66.4 Å². The maximum atomic E-state index is 12.5. The van der Waals surface area contributed by atoms with Crippen molar-refractivity contribution in [1.29, 1.82) is 0 Å². The quantitative estimate of drug-likeness (QED) is 0.436. The second kappa shape index (κ2) is 8.59. The molecule has 1 heterocycles.